The first kappa shape index (κ1) is 14.3. The topological polar surface area (TPSA) is 96.4 Å². The molecule has 2 N–H and O–H groups in total. The molecule has 2 rings (SSSR count). The third kappa shape index (κ3) is 3.06. The predicted octanol–water partition coefficient (Wildman–Crippen LogP) is 2.23. The van der Waals surface area contributed by atoms with Gasteiger partial charge in [0.05, 0.1) is 15.5 Å². The van der Waals surface area contributed by atoms with E-state index in [4.69, 9.17) is 16.7 Å². The van der Waals surface area contributed by atoms with Gasteiger partial charge in [-0.2, -0.15) is 0 Å². The zero-order chi connectivity index (χ0) is 14.8. The number of halogens is 1. The van der Waals surface area contributed by atoms with Gasteiger partial charge < -0.3 is 5.11 Å². The highest BCUT2D eigenvalue weighted by molar-refractivity contribution is 7.92. The summed E-state index contributed by atoms with van der Waals surface area (Å²) in [6.45, 7) is 0. The van der Waals surface area contributed by atoms with E-state index in [1.54, 1.807) is 6.07 Å². The fraction of sp³-hybridized carbons (Fsp3) is 0. The molecule has 0 unspecified atom stereocenters. The molecule has 0 radical (unpaired) electrons. The van der Waals surface area contributed by atoms with Crippen LogP contribution < -0.4 is 4.72 Å². The van der Waals surface area contributed by atoms with Crippen LogP contribution in [0.3, 0.4) is 0 Å². The minimum Gasteiger partial charge on any atom is -0.478 e. The molecule has 1 aromatic carbocycles. The van der Waals surface area contributed by atoms with Gasteiger partial charge in [-0.1, -0.05) is 11.6 Å². The minimum absolute atomic E-state index is 0.000168. The number of hydrogen-bond acceptors (Lipinski definition) is 4. The molecule has 0 bridgehead atoms. The van der Waals surface area contributed by atoms with Crippen molar-refractivity contribution in [3.05, 3.63) is 53.2 Å². The second-order valence-corrected chi connectivity index (χ2v) is 5.86. The Labute approximate surface area is 120 Å². The smallest absolute Gasteiger partial charge is 0.335 e. The quantitative estimate of drug-likeness (QED) is 0.902. The Balaban J connectivity index is 2.31. The van der Waals surface area contributed by atoms with Crippen molar-refractivity contribution in [2.75, 3.05) is 4.72 Å². The van der Waals surface area contributed by atoms with Gasteiger partial charge in [-0.15, -0.1) is 0 Å². The molecule has 0 saturated carbocycles. The minimum atomic E-state index is -3.87. The van der Waals surface area contributed by atoms with E-state index in [9.17, 15) is 13.2 Å². The zero-order valence-electron chi connectivity index (χ0n) is 9.95. The van der Waals surface area contributed by atoms with E-state index < -0.39 is 16.0 Å². The van der Waals surface area contributed by atoms with Gasteiger partial charge in [-0.05, 0) is 36.4 Å². The fourth-order valence-corrected chi connectivity index (χ4v) is 2.68. The highest BCUT2D eigenvalue weighted by atomic mass is 35.5. The largest absolute Gasteiger partial charge is 0.478 e. The number of nitrogens with one attached hydrogen (secondary N) is 1. The Hall–Kier alpha value is -2.12. The van der Waals surface area contributed by atoms with Gasteiger partial charge in [0, 0.05) is 6.20 Å². The standard InChI is InChI=1S/C12H9ClN2O4S/c13-10-2-1-7-14-11(10)15-20(18,19)9-5-3-8(4-6-9)12(16)17/h1-7H,(H,14,15)(H,16,17). The van der Waals surface area contributed by atoms with Crippen molar-refractivity contribution >= 4 is 33.4 Å². The Morgan fingerprint density at radius 1 is 1.20 bits per heavy atom. The second-order valence-electron chi connectivity index (χ2n) is 3.77. The number of nitrogens with zero attached hydrogens (tertiary/aromatic N) is 1. The maximum atomic E-state index is 12.1. The normalized spacial score (nSPS) is 11.1. The summed E-state index contributed by atoms with van der Waals surface area (Å²) in [5, 5.41) is 8.92. The van der Waals surface area contributed by atoms with Crippen LogP contribution in [0.1, 0.15) is 10.4 Å². The average Bonchev–Trinajstić information content (AvgIpc) is 2.41. The number of aromatic carboxylic acids is 1. The van der Waals surface area contributed by atoms with Gasteiger partial charge in [0.15, 0.2) is 5.82 Å². The number of carboxylic acids is 1. The number of anilines is 1. The molecule has 0 aliphatic rings. The van der Waals surface area contributed by atoms with E-state index in [2.05, 4.69) is 9.71 Å². The van der Waals surface area contributed by atoms with E-state index in [1.165, 1.54) is 36.5 Å². The summed E-state index contributed by atoms with van der Waals surface area (Å²) in [6, 6.07) is 7.88. The monoisotopic (exact) mass is 312 g/mol. The fourth-order valence-electron chi connectivity index (χ4n) is 1.42. The van der Waals surface area contributed by atoms with Crippen molar-refractivity contribution in [3.8, 4) is 0 Å². The number of benzene rings is 1. The molecule has 0 aliphatic heterocycles. The summed E-state index contributed by atoms with van der Waals surface area (Å²) < 4.78 is 26.4. The van der Waals surface area contributed by atoms with Gasteiger partial charge in [0.2, 0.25) is 0 Å². The number of carbonyl (C=O) groups is 1. The van der Waals surface area contributed by atoms with E-state index in [-0.39, 0.29) is 21.3 Å². The molecular formula is C12H9ClN2O4S. The molecule has 0 aliphatic carbocycles. The molecule has 0 atom stereocenters. The Morgan fingerprint density at radius 3 is 2.40 bits per heavy atom. The Bertz CT molecular complexity index is 744. The third-order valence-electron chi connectivity index (χ3n) is 2.40. The average molecular weight is 313 g/mol. The molecule has 0 fully saturated rings. The van der Waals surface area contributed by atoms with E-state index in [0.717, 1.165) is 0 Å². The van der Waals surface area contributed by atoms with Crippen molar-refractivity contribution in [3.63, 3.8) is 0 Å². The number of aromatic nitrogens is 1. The van der Waals surface area contributed by atoms with Crippen LogP contribution in [0.5, 0.6) is 0 Å². The summed E-state index contributed by atoms with van der Waals surface area (Å²) in [6.07, 6.45) is 1.40. The molecule has 0 amide bonds. The van der Waals surface area contributed by atoms with E-state index in [0.29, 0.717) is 0 Å². The van der Waals surface area contributed by atoms with Crippen LogP contribution in [0.2, 0.25) is 5.02 Å². The van der Waals surface area contributed by atoms with Crippen LogP contribution in [0.25, 0.3) is 0 Å². The van der Waals surface area contributed by atoms with E-state index in [1.807, 2.05) is 0 Å². The van der Waals surface area contributed by atoms with E-state index >= 15 is 0 Å². The lowest BCUT2D eigenvalue weighted by Crippen LogP contribution is -2.14. The van der Waals surface area contributed by atoms with Crippen LogP contribution in [-0.4, -0.2) is 24.5 Å². The number of pyridine rings is 1. The number of sulfonamides is 1. The van der Waals surface area contributed by atoms with Gasteiger partial charge in [-0.3, -0.25) is 4.72 Å². The van der Waals surface area contributed by atoms with Gasteiger partial charge in [0.1, 0.15) is 0 Å². The molecule has 0 saturated heterocycles. The zero-order valence-corrected chi connectivity index (χ0v) is 11.5. The van der Waals surface area contributed by atoms with Crippen LogP contribution in [0.15, 0.2) is 47.5 Å². The molecule has 20 heavy (non-hydrogen) atoms. The molecule has 0 spiro atoms. The Morgan fingerprint density at radius 2 is 1.85 bits per heavy atom. The maximum absolute atomic E-state index is 12.1. The lowest BCUT2D eigenvalue weighted by atomic mass is 10.2. The summed E-state index contributed by atoms with van der Waals surface area (Å²) in [4.78, 5) is 14.4. The molecule has 104 valence electrons. The summed E-state index contributed by atoms with van der Waals surface area (Å²) >= 11 is 5.82. The van der Waals surface area contributed by atoms with Crippen LogP contribution in [0, 0.1) is 0 Å². The number of carboxylic acid groups (broad SMARTS) is 1. The Kier molecular flexibility index (Phi) is 3.91. The highest BCUT2D eigenvalue weighted by Gasteiger charge is 2.16. The summed E-state index contributed by atoms with van der Waals surface area (Å²) in [7, 11) is -3.87. The lowest BCUT2D eigenvalue weighted by Gasteiger charge is -2.08. The van der Waals surface area contributed by atoms with Crippen molar-refractivity contribution in [1.29, 1.82) is 0 Å². The first-order valence-corrected chi connectivity index (χ1v) is 7.23. The molecule has 1 aromatic heterocycles. The van der Waals surface area contributed by atoms with Gasteiger partial charge >= 0.3 is 5.97 Å². The lowest BCUT2D eigenvalue weighted by molar-refractivity contribution is 0.0697. The molecular weight excluding hydrogens is 304 g/mol. The van der Waals surface area contributed by atoms with Gasteiger partial charge in [-0.25, -0.2) is 18.2 Å². The second kappa shape index (κ2) is 5.48. The maximum Gasteiger partial charge on any atom is 0.335 e. The molecule has 2 aromatic rings. The molecule has 1 heterocycles. The molecule has 6 nitrogen and oxygen atoms in total. The van der Waals surface area contributed by atoms with Crippen LogP contribution >= 0.6 is 11.6 Å². The summed E-state index contributed by atoms with van der Waals surface area (Å²) in [5.74, 6) is -1.12. The SMILES string of the molecule is O=C(O)c1ccc(S(=O)(=O)Nc2ncccc2Cl)cc1. The number of rotatable bonds is 4. The first-order chi connectivity index (χ1) is 9.40. The highest BCUT2D eigenvalue weighted by Crippen LogP contribution is 2.21. The van der Waals surface area contributed by atoms with Crippen molar-refractivity contribution in [2.24, 2.45) is 0 Å². The summed E-state index contributed by atoms with van der Waals surface area (Å²) in [5.41, 5.74) is -0.000168. The predicted molar refractivity (Wildman–Crippen MR) is 73.5 cm³/mol. The first-order valence-electron chi connectivity index (χ1n) is 5.37. The van der Waals surface area contributed by atoms with Crippen LogP contribution in [-0.2, 0) is 10.0 Å². The van der Waals surface area contributed by atoms with Crippen molar-refractivity contribution in [1.82, 2.24) is 4.98 Å². The third-order valence-corrected chi connectivity index (χ3v) is 4.06. The number of hydrogen-bond donors (Lipinski definition) is 2. The molecule has 8 heteroatoms. The van der Waals surface area contributed by atoms with Gasteiger partial charge in [0.25, 0.3) is 10.0 Å². The van der Waals surface area contributed by atoms with Crippen molar-refractivity contribution in [2.45, 2.75) is 4.90 Å². The van der Waals surface area contributed by atoms with Crippen LogP contribution in [0.4, 0.5) is 5.82 Å². The van der Waals surface area contributed by atoms with Crippen molar-refractivity contribution < 1.29 is 18.3 Å².